The van der Waals surface area contributed by atoms with E-state index in [9.17, 15) is 0 Å². The largest absolute Gasteiger partial charge is 0.260 e. The zero-order valence-corrected chi connectivity index (χ0v) is 8.68. The molecule has 0 bridgehead atoms. The van der Waals surface area contributed by atoms with E-state index in [0.717, 1.165) is 5.69 Å². The summed E-state index contributed by atoms with van der Waals surface area (Å²) >= 11 is 4.39. The minimum absolute atomic E-state index is 0.226. The number of nitrogens with zero attached hydrogens (tertiary/aromatic N) is 1. The van der Waals surface area contributed by atoms with Crippen LogP contribution < -0.4 is 0 Å². The summed E-state index contributed by atoms with van der Waals surface area (Å²) in [6, 6.07) is 4.11. The highest BCUT2D eigenvalue weighted by Gasteiger charge is 2.09. The molecule has 1 aromatic heterocycles. The number of pyridine rings is 1. The molecule has 0 saturated carbocycles. The Morgan fingerprint density at radius 1 is 1.33 bits per heavy atom. The van der Waals surface area contributed by atoms with Gasteiger partial charge in [0.1, 0.15) is 0 Å². The third-order valence-electron chi connectivity index (χ3n) is 1.89. The first-order valence-electron chi connectivity index (χ1n) is 4.25. The lowest BCUT2D eigenvalue weighted by Crippen LogP contribution is -1.99. The maximum absolute atomic E-state index is 4.39. The van der Waals surface area contributed by atoms with Crippen molar-refractivity contribution in [1.82, 2.24) is 4.98 Å². The maximum Gasteiger partial charge on any atom is 0.0562 e. The van der Waals surface area contributed by atoms with Crippen molar-refractivity contribution in [2.45, 2.75) is 31.9 Å². The van der Waals surface area contributed by atoms with Crippen molar-refractivity contribution >= 4 is 12.6 Å². The van der Waals surface area contributed by atoms with Crippen LogP contribution in [0.4, 0.5) is 0 Å². The fourth-order valence-electron chi connectivity index (χ4n) is 1.27. The standard InChI is InChI=1S/C10H15NS/c1-7(2)9-5-4-6-11-10(9)8(3)12/h4-8,12H,1-3H3. The number of thiol groups is 1. The Labute approximate surface area is 79.6 Å². The third kappa shape index (κ3) is 2.01. The molecule has 0 saturated heterocycles. The highest BCUT2D eigenvalue weighted by atomic mass is 32.1. The second-order valence-electron chi connectivity index (χ2n) is 3.31. The molecule has 0 amide bonds. The first-order valence-corrected chi connectivity index (χ1v) is 4.77. The minimum atomic E-state index is 0.226. The average Bonchev–Trinajstić information content (AvgIpc) is 2.04. The smallest absolute Gasteiger partial charge is 0.0562 e. The second-order valence-corrected chi connectivity index (χ2v) is 4.08. The maximum atomic E-state index is 4.39. The highest BCUT2D eigenvalue weighted by molar-refractivity contribution is 7.80. The normalized spacial score (nSPS) is 13.4. The van der Waals surface area contributed by atoms with Crippen LogP contribution in [0.1, 0.15) is 43.2 Å². The Balaban J connectivity index is 3.09. The van der Waals surface area contributed by atoms with Gasteiger partial charge >= 0.3 is 0 Å². The van der Waals surface area contributed by atoms with Crippen LogP contribution in [0.25, 0.3) is 0 Å². The van der Waals surface area contributed by atoms with E-state index in [2.05, 4.69) is 44.5 Å². The average molecular weight is 181 g/mol. The SMILES string of the molecule is CC(C)c1cccnc1C(C)S. The van der Waals surface area contributed by atoms with E-state index in [4.69, 9.17) is 0 Å². The lowest BCUT2D eigenvalue weighted by Gasteiger charge is -2.12. The van der Waals surface area contributed by atoms with Gasteiger partial charge in [-0.15, -0.1) is 0 Å². The van der Waals surface area contributed by atoms with Gasteiger partial charge in [0.05, 0.1) is 5.69 Å². The highest BCUT2D eigenvalue weighted by Crippen LogP contribution is 2.25. The molecule has 0 fully saturated rings. The number of aromatic nitrogens is 1. The molecule has 0 aliphatic heterocycles. The molecule has 0 spiro atoms. The van der Waals surface area contributed by atoms with Gasteiger partial charge in [-0.1, -0.05) is 19.9 Å². The first-order chi connectivity index (χ1) is 5.63. The molecule has 12 heavy (non-hydrogen) atoms. The van der Waals surface area contributed by atoms with Gasteiger partial charge in [0.15, 0.2) is 0 Å². The van der Waals surface area contributed by atoms with Crippen LogP contribution in [0.2, 0.25) is 0 Å². The summed E-state index contributed by atoms with van der Waals surface area (Å²) in [4.78, 5) is 4.32. The van der Waals surface area contributed by atoms with E-state index >= 15 is 0 Å². The molecule has 1 atom stereocenters. The third-order valence-corrected chi connectivity index (χ3v) is 2.13. The van der Waals surface area contributed by atoms with Gasteiger partial charge in [-0.2, -0.15) is 12.6 Å². The molecule has 0 aliphatic rings. The van der Waals surface area contributed by atoms with Gasteiger partial charge in [0.2, 0.25) is 0 Å². The van der Waals surface area contributed by atoms with Crippen molar-refractivity contribution in [2.24, 2.45) is 0 Å². The minimum Gasteiger partial charge on any atom is -0.260 e. The van der Waals surface area contributed by atoms with E-state index in [-0.39, 0.29) is 5.25 Å². The molecule has 2 heteroatoms. The summed E-state index contributed by atoms with van der Waals surface area (Å²) in [5, 5.41) is 0.226. The molecule has 1 nitrogen and oxygen atoms in total. The van der Waals surface area contributed by atoms with Gasteiger partial charge in [0, 0.05) is 11.4 Å². The number of hydrogen-bond acceptors (Lipinski definition) is 2. The van der Waals surface area contributed by atoms with Gasteiger partial charge in [-0.3, -0.25) is 4.98 Å². The van der Waals surface area contributed by atoms with Crippen LogP contribution >= 0.6 is 12.6 Å². The van der Waals surface area contributed by atoms with Crippen LogP contribution in [0.3, 0.4) is 0 Å². The zero-order chi connectivity index (χ0) is 9.14. The van der Waals surface area contributed by atoms with Crippen molar-refractivity contribution in [3.05, 3.63) is 29.6 Å². The van der Waals surface area contributed by atoms with Crippen molar-refractivity contribution < 1.29 is 0 Å². The van der Waals surface area contributed by atoms with Crippen molar-refractivity contribution in [3.63, 3.8) is 0 Å². The molecule has 66 valence electrons. The van der Waals surface area contributed by atoms with Crippen LogP contribution in [-0.2, 0) is 0 Å². The molecule has 1 rings (SSSR count). The van der Waals surface area contributed by atoms with Crippen molar-refractivity contribution in [1.29, 1.82) is 0 Å². The monoisotopic (exact) mass is 181 g/mol. The van der Waals surface area contributed by atoms with E-state index in [1.807, 2.05) is 12.3 Å². The Hall–Kier alpha value is -0.500. The Morgan fingerprint density at radius 2 is 2.00 bits per heavy atom. The van der Waals surface area contributed by atoms with Crippen LogP contribution in [0.5, 0.6) is 0 Å². The topological polar surface area (TPSA) is 12.9 Å². The molecule has 1 aromatic rings. The Bertz CT molecular complexity index is 229. The summed E-state index contributed by atoms with van der Waals surface area (Å²) in [6.45, 7) is 6.41. The van der Waals surface area contributed by atoms with Gasteiger partial charge in [0.25, 0.3) is 0 Å². The molecule has 1 unspecified atom stereocenters. The van der Waals surface area contributed by atoms with Gasteiger partial charge in [-0.25, -0.2) is 0 Å². The zero-order valence-electron chi connectivity index (χ0n) is 7.78. The summed E-state index contributed by atoms with van der Waals surface area (Å²) < 4.78 is 0. The summed E-state index contributed by atoms with van der Waals surface area (Å²) in [5.74, 6) is 0.531. The summed E-state index contributed by atoms with van der Waals surface area (Å²) in [5.41, 5.74) is 2.41. The Morgan fingerprint density at radius 3 is 2.42 bits per heavy atom. The van der Waals surface area contributed by atoms with E-state index in [0.29, 0.717) is 5.92 Å². The van der Waals surface area contributed by atoms with Gasteiger partial charge < -0.3 is 0 Å². The Kier molecular flexibility index (Phi) is 3.15. The quantitative estimate of drug-likeness (QED) is 0.691. The van der Waals surface area contributed by atoms with Crippen molar-refractivity contribution in [3.8, 4) is 0 Å². The lowest BCUT2D eigenvalue weighted by molar-refractivity contribution is 0.821. The number of rotatable bonds is 2. The lowest BCUT2D eigenvalue weighted by atomic mass is 10.0. The molecule has 0 N–H and O–H groups in total. The van der Waals surface area contributed by atoms with Crippen molar-refractivity contribution in [2.75, 3.05) is 0 Å². The summed E-state index contributed by atoms with van der Waals surface area (Å²) in [6.07, 6.45) is 1.83. The molecule has 0 radical (unpaired) electrons. The molecule has 1 heterocycles. The van der Waals surface area contributed by atoms with Crippen LogP contribution in [-0.4, -0.2) is 4.98 Å². The predicted octanol–water partition coefficient (Wildman–Crippen LogP) is 3.20. The first kappa shape index (κ1) is 9.59. The van der Waals surface area contributed by atoms with E-state index < -0.39 is 0 Å². The van der Waals surface area contributed by atoms with E-state index in [1.165, 1.54) is 5.56 Å². The van der Waals surface area contributed by atoms with Crippen LogP contribution in [0, 0.1) is 0 Å². The molecule has 0 aliphatic carbocycles. The molecular weight excluding hydrogens is 166 g/mol. The fourth-order valence-corrected chi connectivity index (χ4v) is 1.48. The van der Waals surface area contributed by atoms with Gasteiger partial charge in [-0.05, 0) is 24.5 Å². The predicted molar refractivity (Wildman–Crippen MR) is 55.7 cm³/mol. The number of hydrogen-bond donors (Lipinski definition) is 1. The fraction of sp³-hybridized carbons (Fsp3) is 0.500. The molecular formula is C10H15NS. The molecule has 0 aromatic carbocycles. The van der Waals surface area contributed by atoms with E-state index in [1.54, 1.807) is 0 Å². The second kappa shape index (κ2) is 3.94. The van der Waals surface area contributed by atoms with Crippen LogP contribution in [0.15, 0.2) is 18.3 Å². The summed E-state index contributed by atoms with van der Waals surface area (Å²) in [7, 11) is 0.